The second kappa shape index (κ2) is 8.61. The molecular formula is C31H30N4O4. The first-order valence-electron chi connectivity index (χ1n) is 13.1. The molecule has 4 heterocycles. The SMILES string of the molecule is CC[C@@]1(O)C(=O)OCc2c1c(N)c1n(c2=O)Cc2c-1nc1ccccc1c2C=Nc1ccc(C(C)(C)C)cc1. The highest BCUT2D eigenvalue weighted by atomic mass is 16.6. The molecule has 0 saturated carbocycles. The lowest BCUT2D eigenvalue weighted by Crippen LogP contribution is -2.45. The van der Waals surface area contributed by atoms with Gasteiger partial charge in [0.15, 0.2) is 5.60 Å². The minimum atomic E-state index is -1.99. The normalized spacial score (nSPS) is 18.2. The molecule has 2 aliphatic heterocycles. The van der Waals surface area contributed by atoms with Gasteiger partial charge in [0.25, 0.3) is 5.56 Å². The van der Waals surface area contributed by atoms with Crippen molar-refractivity contribution in [1.29, 1.82) is 0 Å². The lowest BCUT2D eigenvalue weighted by atomic mass is 9.84. The summed E-state index contributed by atoms with van der Waals surface area (Å²) in [5, 5.41) is 12.1. The average molecular weight is 523 g/mol. The van der Waals surface area contributed by atoms with Gasteiger partial charge in [0.2, 0.25) is 0 Å². The van der Waals surface area contributed by atoms with E-state index in [1.165, 1.54) is 5.56 Å². The van der Waals surface area contributed by atoms with Gasteiger partial charge in [-0.3, -0.25) is 9.79 Å². The van der Waals surface area contributed by atoms with Crippen LogP contribution in [0, 0.1) is 0 Å². The predicted molar refractivity (Wildman–Crippen MR) is 151 cm³/mol. The maximum atomic E-state index is 13.7. The zero-order chi connectivity index (χ0) is 27.7. The summed E-state index contributed by atoms with van der Waals surface area (Å²) < 4.78 is 6.76. The molecule has 0 unspecified atom stereocenters. The van der Waals surface area contributed by atoms with Crippen molar-refractivity contribution in [2.45, 2.75) is 58.3 Å². The quantitative estimate of drug-likeness (QED) is 0.262. The molecule has 0 amide bonds. The van der Waals surface area contributed by atoms with E-state index in [1.54, 1.807) is 11.5 Å². The van der Waals surface area contributed by atoms with E-state index in [4.69, 9.17) is 20.4 Å². The summed E-state index contributed by atoms with van der Waals surface area (Å²) in [5.41, 5.74) is 10.2. The molecule has 2 aromatic heterocycles. The van der Waals surface area contributed by atoms with Crippen LogP contribution in [-0.4, -0.2) is 26.8 Å². The lowest BCUT2D eigenvalue weighted by Gasteiger charge is -2.33. The number of aromatic nitrogens is 2. The van der Waals surface area contributed by atoms with Crippen LogP contribution in [0.3, 0.4) is 0 Å². The zero-order valence-electron chi connectivity index (χ0n) is 22.4. The summed E-state index contributed by atoms with van der Waals surface area (Å²) in [7, 11) is 0. The molecule has 8 nitrogen and oxygen atoms in total. The van der Waals surface area contributed by atoms with Gasteiger partial charge in [-0.15, -0.1) is 0 Å². The van der Waals surface area contributed by atoms with Crippen LogP contribution < -0.4 is 11.3 Å². The van der Waals surface area contributed by atoms with Gasteiger partial charge in [0, 0.05) is 28.3 Å². The summed E-state index contributed by atoms with van der Waals surface area (Å²) in [6.07, 6.45) is 1.84. The van der Waals surface area contributed by atoms with Crippen molar-refractivity contribution in [2.75, 3.05) is 5.73 Å². The van der Waals surface area contributed by atoms with Crippen LogP contribution >= 0.6 is 0 Å². The minimum absolute atomic E-state index is 0.0237. The number of nitrogens with two attached hydrogens (primary N) is 1. The number of hydrogen-bond acceptors (Lipinski definition) is 7. The molecule has 6 rings (SSSR count). The third-order valence-corrected chi connectivity index (χ3v) is 7.86. The largest absolute Gasteiger partial charge is 0.458 e. The number of pyridine rings is 2. The number of aliphatic imine (C=N–C) groups is 1. The lowest BCUT2D eigenvalue weighted by molar-refractivity contribution is -0.172. The number of anilines is 1. The van der Waals surface area contributed by atoms with E-state index in [0.29, 0.717) is 11.4 Å². The number of esters is 1. The Labute approximate surface area is 225 Å². The van der Waals surface area contributed by atoms with Crippen LogP contribution in [0.5, 0.6) is 0 Å². The first kappa shape index (κ1) is 25.0. The van der Waals surface area contributed by atoms with Crippen LogP contribution in [-0.2, 0) is 33.7 Å². The molecular weight excluding hydrogens is 492 g/mol. The van der Waals surface area contributed by atoms with Gasteiger partial charge in [0.05, 0.1) is 40.4 Å². The number of nitrogen functional groups attached to an aromatic ring is 1. The van der Waals surface area contributed by atoms with Gasteiger partial charge in [-0.1, -0.05) is 58.0 Å². The van der Waals surface area contributed by atoms with Gasteiger partial charge in [0.1, 0.15) is 6.61 Å². The van der Waals surface area contributed by atoms with Gasteiger partial charge >= 0.3 is 5.97 Å². The Kier molecular flexibility index (Phi) is 5.52. The molecule has 1 atom stereocenters. The monoisotopic (exact) mass is 522 g/mol. The highest BCUT2D eigenvalue weighted by Gasteiger charge is 2.47. The number of fused-ring (bicyclic) bond motifs is 5. The fraction of sp³-hybridized carbons (Fsp3) is 0.290. The Morgan fingerprint density at radius 3 is 2.54 bits per heavy atom. The van der Waals surface area contributed by atoms with Crippen LogP contribution in [0.25, 0.3) is 22.3 Å². The Balaban J connectivity index is 1.56. The number of nitrogens with zero attached hydrogens (tertiary/aromatic N) is 3. The molecule has 2 aliphatic rings. The van der Waals surface area contributed by atoms with Crippen molar-refractivity contribution >= 4 is 34.5 Å². The van der Waals surface area contributed by atoms with Crippen LogP contribution in [0.15, 0.2) is 58.3 Å². The number of cyclic esters (lactones) is 1. The summed E-state index contributed by atoms with van der Waals surface area (Å²) in [4.78, 5) is 35.9. The highest BCUT2D eigenvalue weighted by molar-refractivity contribution is 6.04. The number of carbonyl (C=O) groups excluding carboxylic acids is 1. The number of hydrogen-bond donors (Lipinski definition) is 2. The fourth-order valence-electron chi connectivity index (χ4n) is 5.62. The first-order chi connectivity index (χ1) is 18.5. The van der Waals surface area contributed by atoms with E-state index < -0.39 is 11.6 Å². The first-order valence-corrected chi connectivity index (χ1v) is 13.1. The average Bonchev–Trinajstić information content (AvgIpc) is 3.30. The van der Waals surface area contributed by atoms with E-state index in [-0.39, 0.29) is 47.4 Å². The molecule has 2 aromatic carbocycles. The molecule has 0 spiro atoms. The predicted octanol–water partition coefficient (Wildman–Crippen LogP) is 4.71. The number of para-hydroxylation sites is 1. The van der Waals surface area contributed by atoms with Gasteiger partial charge in [-0.25, -0.2) is 9.78 Å². The Bertz CT molecular complexity index is 1760. The van der Waals surface area contributed by atoms with Crippen molar-refractivity contribution in [3.63, 3.8) is 0 Å². The maximum Gasteiger partial charge on any atom is 0.343 e. The Hall–Kier alpha value is -4.30. The van der Waals surface area contributed by atoms with Crippen LogP contribution in [0.2, 0.25) is 0 Å². The number of carbonyl (C=O) groups is 1. The van der Waals surface area contributed by atoms with Crippen LogP contribution in [0.4, 0.5) is 11.4 Å². The molecule has 0 saturated heterocycles. The molecule has 0 radical (unpaired) electrons. The third-order valence-electron chi connectivity index (χ3n) is 7.86. The Morgan fingerprint density at radius 1 is 1.13 bits per heavy atom. The standard InChI is InChI=1S/C31H30N4O4/c1-5-31(38)24-22(16-39-29(31)37)28(36)35-15-21-20(14-33-18-12-10-17(11-13-18)30(2,3)4)19-8-6-7-9-23(19)34-26(21)27(35)25(24)32/h6-14,38H,5,15-16,32H2,1-4H3/t31-/m0/s1. The van der Waals surface area contributed by atoms with Gasteiger partial charge < -0.3 is 20.1 Å². The highest BCUT2D eigenvalue weighted by Crippen LogP contribution is 2.44. The Morgan fingerprint density at radius 2 is 1.85 bits per heavy atom. The van der Waals surface area contributed by atoms with Crippen LogP contribution in [0.1, 0.15) is 61.9 Å². The van der Waals surface area contributed by atoms with Gasteiger partial charge in [-0.2, -0.15) is 0 Å². The molecule has 3 N–H and O–H groups in total. The summed E-state index contributed by atoms with van der Waals surface area (Å²) in [6, 6.07) is 15.9. The zero-order valence-corrected chi connectivity index (χ0v) is 22.4. The third kappa shape index (κ3) is 3.70. The van der Waals surface area contributed by atoms with Crippen molar-refractivity contribution < 1.29 is 14.6 Å². The van der Waals surface area contributed by atoms with E-state index in [1.807, 2.05) is 42.6 Å². The number of aliphatic hydroxyl groups is 1. The van der Waals surface area contributed by atoms with E-state index in [9.17, 15) is 14.7 Å². The van der Waals surface area contributed by atoms with Crippen molar-refractivity contribution in [1.82, 2.24) is 9.55 Å². The molecule has 8 heteroatoms. The molecule has 198 valence electrons. The van der Waals surface area contributed by atoms with Crippen molar-refractivity contribution in [2.24, 2.45) is 4.99 Å². The van der Waals surface area contributed by atoms with Crippen molar-refractivity contribution in [3.8, 4) is 11.4 Å². The second-order valence-electron chi connectivity index (χ2n) is 11.2. The minimum Gasteiger partial charge on any atom is -0.458 e. The van der Waals surface area contributed by atoms with Gasteiger partial charge in [-0.05, 0) is 35.6 Å². The molecule has 39 heavy (non-hydrogen) atoms. The molecule has 0 bridgehead atoms. The van der Waals surface area contributed by atoms with Crippen molar-refractivity contribution in [3.05, 3.63) is 86.7 Å². The van der Waals surface area contributed by atoms with E-state index >= 15 is 0 Å². The second-order valence-corrected chi connectivity index (χ2v) is 11.2. The molecule has 0 fully saturated rings. The summed E-state index contributed by atoms with van der Waals surface area (Å²) >= 11 is 0. The summed E-state index contributed by atoms with van der Waals surface area (Å²) in [6.45, 7) is 8.17. The van der Waals surface area contributed by atoms with E-state index in [2.05, 4.69) is 32.9 Å². The fourth-order valence-corrected chi connectivity index (χ4v) is 5.62. The topological polar surface area (TPSA) is 120 Å². The number of ether oxygens (including phenoxy) is 1. The number of benzene rings is 2. The van der Waals surface area contributed by atoms with E-state index in [0.717, 1.165) is 27.7 Å². The summed E-state index contributed by atoms with van der Waals surface area (Å²) in [5.74, 6) is -0.802. The molecule has 4 aromatic rings. The smallest absolute Gasteiger partial charge is 0.343 e. The maximum absolute atomic E-state index is 13.7. The molecule has 0 aliphatic carbocycles. The number of rotatable bonds is 3.